The Labute approximate surface area is 207 Å². The lowest BCUT2D eigenvalue weighted by Crippen LogP contribution is -2.48. The predicted octanol–water partition coefficient (Wildman–Crippen LogP) is 4.15. The van der Waals surface area contributed by atoms with Crippen LogP contribution in [-0.2, 0) is 4.79 Å². The number of pyridine rings is 1. The van der Waals surface area contributed by atoms with E-state index in [0.717, 1.165) is 54.4 Å². The Balaban J connectivity index is 0.00000324. The summed E-state index contributed by atoms with van der Waals surface area (Å²) in [7, 11) is 0. The molecule has 2 aliphatic heterocycles. The summed E-state index contributed by atoms with van der Waals surface area (Å²) in [6.45, 7) is 11.1. The number of aromatic nitrogens is 1. The molecular formula is C25H34ClN5O3. The van der Waals surface area contributed by atoms with E-state index in [0.29, 0.717) is 6.42 Å². The van der Waals surface area contributed by atoms with Crippen LogP contribution in [0.4, 0.5) is 16.3 Å². The average Bonchev–Trinajstić information content (AvgIpc) is 2.79. The van der Waals surface area contributed by atoms with Gasteiger partial charge in [-0.3, -0.25) is 9.69 Å². The van der Waals surface area contributed by atoms with E-state index in [1.807, 2.05) is 51.2 Å². The zero-order chi connectivity index (χ0) is 23.7. The third-order valence-corrected chi connectivity index (χ3v) is 6.63. The molecule has 2 atom stereocenters. The largest absolute Gasteiger partial charge is 0.465 e. The molecule has 0 aliphatic carbocycles. The minimum absolute atomic E-state index is 0. The van der Waals surface area contributed by atoms with Gasteiger partial charge in [-0.05, 0) is 62.6 Å². The molecule has 8 nitrogen and oxygen atoms in total. The summed E-state index contributed by atoms with van der Waals surface area (Å²) in [5.41, 5.74) is 3.58. The molecule has 9 heteroatoms. The molecule has 2 N–H and O–H groups in total. The van der Waals surface area contributed by atoms with Crippen molar-refractivity contribution in [3.63, 3.8) is 0 Å². The van der Waals surface area contributed by atoms with Crippen molar-refractivity contribution in [3.8, 4) is 11.1 Å². The zero-order valence-corrected chi connectivity index (χ0v) is 21.0. The van der Waals surface area contributed by atoms with Crippen LogP contribution in [0.15, 0.2) is 36.5 Å². The van der Waals surface area contributed by atoms with Crippen LogP contribution in [0.1, 0.15) is 45.7 Å². The minimum Gasteiger partial charge on any atom is -0.465 e. The van der Waals surface area contributed by atoms with Gasteiger partial charge in [0.05, 0.1) is 6.04 Å². The molecule has 34 heavy (non-hydrogen) atoms. The molecular weight excluding hydrogens is 454 g/mol. The van der Waals surface area contributed by atoms with Gasteiger partial charge >= 0.3 is 6.09 Å². The number of benzene rings is 1. The van der Waals surface area contributed by atoms with Crippen molar-refractivity contribution in [2.24, 2.45) is 0 Å². The van der Waals surface area contributed by atoms with Gasteiger partial charge in [-0.2, -0.15) is 0 Å². The second kappa shape index (κ2) is 10.6. The van der Waals surface area contributed by atoms with Gasteiger partial charge < -0.3 is 20.2 Å². The first-order valence-electron chi connectivity index (χ1n) is 11.6. The fourth-order valence-corrected chi connectivity index (χ4v) is 5.11. The lowest BCUT2D eigenvalue weighted by Gasteiger charge is -2.43. The SMILES string of the molecule is CC(=O)N1c2ccc(-c3ccc(N4CCNCC4)nc3)cc2C(N(C(=O)O)C(C)C)CC1C.Cl. The van der Waals surface area contributed by atoms with E-state index in [4.69, 9.17) is 0 Å². The summed E-state index contributed by atoms with van der Waals surface area (Å²) >= 11 is 0. The summed E-state index contributed by atoms with van der Waals surface area (Å²) < 4.78 is 0. The molecule has 2 unspecified atom stereocenters. The molecule has 2 amide bonds. The number of carboxylic acid groups (broad SMARTS) is 1. The van der Waals surface area contributed by atoms with Gasteiger partial charge in [0.15, 0.2) is 0 Å². The average molecular weight is 488 g/mol. The monoisotopic (exact) mass is 487 g/mol. The predicted molar refractivity (Wildman–Crippen MR) is 137 cm³/mol. The maximum atomic E-state index is 12.4. The maximum absolute atomic E-state index is 12.4. The first-order valence-corrected chi connectivity index (χ1v) is 11.6. The van der Waals surface area contributed by atoms with Crippen molar-refractivity contribution in [1.82, 2.24) is 15.2 Å². The van der Waals surface area contributed by atoms with Crippen molar-refractivity contribution in [1.29, 1.82) is 0 Å². The lowest BCUT2D eigenvalue weighted by molar-refractivity contribution is -0.117. The summed E-state index contributed by atoms with van der Waals surface area (Å²) in [5, 5.41) is 13.3. The van der Waals surface area contributed by atoms with Crippen molar-refractivity contribution in [2.75, 3.05) is 36.0 Å². The molecule has 1 aromatic carbocycles. The molecule has 3 heterocycles. The number of hydrogen-bond donors (Lipinski definition) is 2. The molecule has 1 saturated heterocycles. The first kappa shape index (κ1) is 25.8. The van der Waals surface area contributed by atoms with Crippen LogP contribution in [0.25, 0.3) is 11.1 Å². The van der Waals surface area contributed by atoms with Gasteiger partial charge in [0.2, 0.25) is 5.91 Å². The number of hydrogen-bond acceptors (Lipinski definition) is 5. The Morgan fingerprint density at radius 3 is 2.38 bits per heavy atom. The van der Waals surface area contributed by atoms with Crippen LogP contribution in [0.2, 0.25) is 0 Å². The van der Waals surface area contributed by atoms with E-state index < -0.39 is 6.09 Å². The van der Waals surface area contributed by atoms with E-state index in [2.05, 4.69) is 21.3 Å². The minimum atomic E-state index is -0.947. The number of nitrogens with zero attached hydrogens (tertiary/aromatic N) is 4. The van der Waals surface area contributed by atoms with Crippen LogP contribution >= 0.6 is 12.4 Å². The summed E-state index contributed by atoms with van der Waals surface area (Å²) in [4.78, 5) is 34.8. The number of piperazine rings is 1. The van der Waals surface area contributed by atoms with Gasteiger partial charge in [0, 0.05) is 62.6 Å². The molecule has 0 bridgehead atoms. The van der Waals surface area contributed by atoms with Gasteiger partial charge in [0.25, 0.3) is 0 Å². The van der Waals surface area contributed by atoms with Crippen LogP contribution in [0, 0.1) is 0 Å². The smallest absolute Gasteiger partial charge is 0.408 e. The number of amides is 2. The van der Waals surface area contributed by atoms with Crippen molar-refractivity contribution < 1.29 is 14.7 Å². The lowest BCUT2D eigenvalue weighted by atomic mass is 9.88. The molecule has 0 radical (unpaired) electrons. The molecule has 0 saturated carbocycles. The number of halogens is 1. The first-order chi connectivity index (χ1) is 15.8. The van der Waals surface area contributed by atoms with Crippen LogP contribution < -0.4 is 15.1 Å². The second-order valence-electron chi connectivity index (χ2n) is 9.19. The van der Waals surface area contributed by atoms with Crippen LogP contribution in [0.5, 0.6) is 0 Å². The number of nitrogens with one attached hydrogen (secondary N) is 1. The highest BCUT2D eigenvalue weighted by molar-refractivity contribution is 5.94. The molecule has 1 fully saturated rings. The van der Waals surface area contributed by atoms with E-state index in [9.17, 15) is 14.7 Å². The maximum Gasteiger partial charge on any atom is 0.408 e. The van der Waals surface area contributed by atoms with E-state index in [1.54, 1.807) is 11.8 Å². The Hall–Kier alpha value is -2.84. The van der Waals surface area contributed by atoms with E-state index in [1.165, 1.54) is 4.90 Å². The standard InChI is InChI=1S/C25H33N5O3.ClH/c1-16(2)29(25(32)33)23-13-17(3)30(18(4)31)22-7-5-19(14-21(22)23)20-6-8-24(27-15-20)28-11-9-26-10-12-28;/h5-8,14-17,23,26H,9-13H2,1-4H3,(H,32,33);1H. The fraction of sp³-hybridized carbons (Fsp3) is 0.480. The normalized spacial score (nSPS) is 19.9. The van der Waals surface area contributed by atoms with Crippen molar-refractivity contribution >= 4 is 35.9 Å². The Kier molecular flexibility index (Phi) is 8.05. The second-order valence-corrected chi connectivity index (χ2v) is 9.19. The summed E-state index contributed by atoms with van der Waals surface area (Å²) in [6, 6.07) is 9.47. The van der Waals surface area contributed by atoms with Gasteiger partial charge in [0.1, 0.15) is 5.82 Å². The Morgan fingerprint density at radius 1 is 1.15 bits per heavy atom. The highest BCUT2D eigenvalue weighted by atomic mass is 35.5. The Bertz CT molecular complexity index is 1020. The molecule has 2 aliphatic rings. The highest BCUT2D eigenvalue weighted by Gasteiger charge is 2.38. The highest BCUT2D eigenvalue weighted by Crippen LogP contribution is 2.43. The molecule has 0 spiro atoms. The number of carbonyl (C=O) groups excluding carboxylic acids is 1. The number of rotatable bonds is 4. The Morgan fingerprint density at radius 2 is 1.82 bits per heavy atom. The fourth-order valence-electron chi connectivity index (χ4n) is 5.11. The third kappa shape index (κ3) is 4.98. The number of fused-ring (bicyclic) bond motifs is 1. The van der Waals surface area contributed by atoms with Crippen molar-refractivity contribution in [2.45, 2.75) is 52.2 Å². The molecule has 4 rings (SSSR count). The molecule has 1 aromatic heterocycles. The number of carbonyl (C=O) groups is 2. The van der Waals surface area contributed by atoms with Gasteiger partial charge in [-0.15, -0.1) is 12.4 Å². The third-order valence-electron chi connectivity index (χ3n) is 6.63. The van der Waals surface area contributed by atoms with Crippen LogP contribution in [-0.4, -0.2) is 65.3 Å². The van der Waals surface area contributed by atoms with E-state index >= 15 is 0 Å². The quantitative estimate of drug-likeness (QED) is 0.673. The van der Waals surface area contributed by atoms with Gasteiger partial charge in [-0.1, -0.05) is 6.07 Å². The summed E-state index contributed by atoms with van der Waals surface area (Å²) in [6.07, 6.45) is 1.48. The number of anilines is 2. The van der Waals surface area contributed by atoms with Crippen molar-refractivity contribution in [3.05, 3.63) is 42.1 Å². The van der Waals surface area contributed by atoms with Gasteiger partial charge in [-0.25, -0.2) is 9.78 Å². The zero-order valence-electron chi connectivity index (χ0n) is 20.2. The topological polar surface area (TPSA) is 89.0 Å². The molecule has 2 aromatic rings. The summed E-state index contributed by atoms with van der Waals surface area (Å²) in [5.74, 6) is 0.924. The molecule has 184 valence electrons. The van der Waals surface area contributed by atoms with Crippen LogP contribution in [0.3, 0.4) is 0 Å². The van der Waals surface area contributed by atoms with E-state index in [-0.39, 0.29) is 36.4 Å².